The molecule has 0 bridgehead atoms. The molecule has 1 aromatic heterocycles. The fourth-order valence-electron chi connectivity index (χ4n) is 1.81. The summed E-state index contributed by atoms with van der Waals surface area (Å²) in [5.74, 6) is 0. The van der Waals surface area contributed by atoms with E-state index in [1.807, 2.05) is 11.6 Å². The molecule has 0 saturated carbocycles. The van der Waals surface area contributed by atoms with Crippen LogP contribution in [-0.2, 0) is 17.9 Å². The van der Waals surface area contributed by atoms with E-state index < -0.39 is 0 Å². The summed E-state index contributed by atoms with van der Waals surface area (Å²) in [7, 11) is 0. The summed E-state index contributed by atoms with van der Waals surface area (Å²) in [6.45, 7) is 8.73. The van der Waals surface area contributed by atoms with Crippen molar-refractivity contribution in [2.75, 3.05) is 6.61 Å². The van der Waals surface area contributed by atoms with Crippen molar-refractivity contribution in [3.63, 3.8) is 0 Å². The molecule has 0 radical (unpaired) electrons. The van der Waals surface area contributed by atoms with Crippen molar-refractivity contribution in [2.45, 2.75) is 59.6 Å². The second-order valence-corrected chi connectivity index (χ2v) is 5.07. The lowest BCUT2D eigenvalue weighted by Gasteiger charge is -2.07. The highest BCUT2D eigenvalue weighted by Gasteiger charge is 2.11. The van der Waals surface area contributed by atoms with Gasteiger partial charge in [-0.2, -0.15) is 5.10 Å². The lowest BCUT2D eigenvalue weighted by Crippen LogP contribution is -2.05. The fourth-order valence-corrected chi connectivity index (χ4v) is 2.21. The Morgan fingerprint density at radius 1 is 1.24 bits per heavy atom. The van der Waals surface area contributed by atoms with E-state index in [0.29, 0.717) is 6.61 Å². The maximum atomic E-state index is 5.71. The van der Waals surface area contributed by atoms with Crippen molar-refractivity contribution in [1.29, 1.82) is 0 Å². The zero-order chi connectivity index (χ0) is 12.7. The van der Waals surface area contributed by atoms with E-state index in [4.69, 9.17) is 4.74 Å². The molecular weight excluding hydrogens is 280 g/mol. The predicted octanol–water partition coefficient (Wildman–Crippen LogP) is 4.07. The van der Waals surface area contributed by atoms with Gasteiger partial charge in [-0.25, -0.2) is 0 Å². The summed E-state index contributed by atoms with van der Waals surface area (Å²) in [5, 5.41) is 4.45. The van der Waals surface area contributed by atoms with Gasteiger partial charge in [-0.15, -0.1) is 0 Å². The first kappa shape index (κ1) is 14.7. The zero-order valence-corrected chi connectivity index (χ0v) is 12.7. The minimum absolute atomic E-state index is 0.654. The van der Waals surface area contributed by atoms with E-state index in [0.717, 1.165) is 35.4 Å². The topological polar surface area (TPSA) is 27.1 Å². The third-order valence-electron chi connectivity index (χ3n) is 2.83. The van der Waals surface area contributed by atoms with Crippen LogP contribution in [0.2, 0.25) is 0 Å². The van der Waals surface area contributed by atoms with E-state index in [-0.39, 0.29) is 0 Å². The summed E-state index contributed by atoms with van der Waals surface area (Å²) in [6, 6.07) is 0. The highest BCUT2D eigenvalue weighted by molar-refractivity contribution is 9.10. The van der Waals surface area contributed by atoms with Gasteiger partial charge in [0.15, 0.2) is 0 Å². The molecule has 1 heterocycles. The van der Waals surface area contributed by atoms with E-state index in [9.17, 15) is 0 Å². The Balaban J connectivity index is 2.35. The Labute approximate surface area is 113 Å². The van der Waals surface area contributed by atoms with E-state index in [2.05, 4.69) is 34.9 Å². The molecule has 0 aliphatic rings. The molecule has 1 aromatic rings. The van der Waals surface area contributed by atoms with Gasteiger partial charge >= 0.3 is 0 Å². The van der Waals surface area contributed by atoms with Crippen molar-refractivity contribution in [2.24, 2.45) is 0 Å². The summed E-state index contributed by atoms with van der Waals surface area (Å²) >= 11 is 3.57. The van der Waals surface area contributed by atoms with Crippen LogP contribution in [0.4, 0.5) is 0 Å². The number of unbranched alkanes of at least 4 members (excludes halogenated alkanes) is 3. The molecule has 3 nitrogen and oxygen atoms in total. The minimum Gasteiger partial charge on any atom is -0.375 e. The molecule has 0 N–H and O–H groups in total. The van der Waals surface area contributed by atoms with Gasteiger partial charge in [-0.3, -0.25) is 4.68 Å². The summed E-state index contributed by atoms with van der Waals surface area (Å²) in [4.78, 5) is 0. The largest absolute Gasteiger partial charge is 0.375 e. The second kappa shape index (κ2) is 7.88. The lowest BCUT2D eigenvalue weighted by atomic mass is 10.2. The minimum atomic E-state index is 0.654. The summed E-state index contributed by atoms with van der Waals surface area (Å²) in [5.41, 5.74) is 2.19. The first-order chi connectivity index (χ1) is 8.20. The average molecular weight is 303 g/mol. The highest BCUT2D eigenvalue weighted by Crippen LogP contribution is 2.21. The zero-order valence-electron chi connectivity index (χ0n) is 11.1. The van der Waals surface area contributed by atoms with Crippen molar-refractivity contribution in [1.82, 2.24) is 9.78 Å². The van der Waals surface area contributed by atoms with Crippen LogP contribution in [0.5, 0.6) is 0 Å². The SMILES string of the molecule is CCCCCCOCc1c(Br)c(C)nn1CC. The van der Waals surface area contributed by atoms with E-state index in [1.165, 1.54) is 19.3 Å². The average Bonchev–Trinajstić information content (AvgIpc) is 2.60. The van der Waals surface area contributed by atoms with Crippen molar-refractivity contribution >= 4 is 15.9 Å². The van der Waals surface area contributed by atoms with Gasteiger partial charge in [0.05, 0.1) is 22.5 Å². The number of nitrogens with zero attached hydrogens (tertiary/aromatic N) is 2. The third-order valence-corrected chi connectivity index (χ3v) is 3.87. The van der Waals surface area contributed by atoms with Crippen LogP contribution < -0.4 is 0 Å². The maximum Gasteiger partial charge on any atom is 0.0896 e. The smallest absolute Gasteiger partial charge is 0.0896 e. The Morgan fingerprint density at radius 2 is 2.00 bits per heavy atom. The van der Waals surface area contributed by atoms with Gasteiger partial charge in [0.1, 0.15) is 0 Å². The number of ether oxygens (including phenoxy) is 1. The first-order valence-corrected chi connectivity index (χ1v) is 7.29. The number of hydrogen-bond donors (Lipinski definition) is 0. The van der Waals surface area contributed by atoms with Crippen LogP contribution in [-0.4, -0.2) is 16.4 Å². The summed E-state index contributed by atoms with van der Waals surface area (Å²) in [6.07, 6.45) is 5.00. The van der Waals surface area contributed by atoms with E-state index in [1.54, 1.807) is 0 Å². The molecule has 0 aliphatic carbocycles. The van der Waals surface area contributed by atoms with Gasteiger partial charge in [-0.05, 0) is 36.2 Å². The molecule has 0 unspecified atom stereocenters. The van der Waals surface area contributed by atoms with Gasteiger partial charge < -0.3 is 4.74 Å². The number of halogens is 1. The van der Waals surface area contributed by atoms with Crippen LogP contribution in [0.3, 0.4) is 0 Å². The molecule has 0 atom stereocenters. The number of aromatic nitrogens is 2. The molecule has 1 rings (SSSR count). The van der Waals surface area contributed by atoms with Crippen molar-refractivity contribution in [3.05, 3.63) is 15.9 Å². The molecule has 0 fully saturated rings. The van der Waals surface area contributed by atoms with Crippen LogP contribution in [0.25, 0.3) is 0 Å². The van der Waals surface area contributed by atoms with Gasteiger partial charge in [0, 0.05) is 13.2 Å². The molecular formula is C13H23BrN2O. The molecule has 0 saturated heterocycles. The Kier molecular flexibility index (Phi) is 6.82. The third kappa shape index (κ3) is 4.43. The van der Waals surface area contributed by atoms with Gasteiger partial charge in [0.25, 0.3) is 0 Å². The Bertz CT molecular complexity index is 336. The second-order valence-electron chi connectivity index (χ2n) is 4.28. The van der Waals surface area contributed by atoms with Gasteiger partial charge in [0.2, 0.25) is 0 Å². The highest BCUT2D eigenvalue weighted by atomic mass is 79.9. The van der Waals surface area contributed by atoms with Crippen molar-refractivity contribution < 1.29 is 4.74 Å². The quantitative estimate of drug-likeness (QED) is 0.677. The molecule has 0 aromatic carbocycles. The molecule has 17 heavy (non-hydrogen) atoms. The normalized spacial score (nSPS) is 11.1. The number of hydrogen-bond acceptors (Lipinski definition) is 2. The molecule has 4 heteroatoms. The Hall–Kier alpha value is -0.350. The molecule has 98 valence electrons. The standard InChI is InChI=1S/C13H23BrN2O/c1-4-6-7-8-9-17-10-12-13(14)11(3)15-16(12)5-2/h4-10H2,1-3H3. The van der Waals surface area contributed by atoms with Crippen LogP contribution in [0.15, 0.2) is 4.47 Å². The maximum absolute atomic E-state index is 5.71. The first-order valence-electron chi connectivity index (χ1n) is 6.50. The fraction of sp³-hybridized carbons (Fsp3) is 0.769. The number of aryl methyl sites for hydroxylation is 2. The monoisotopic (exact) mass is 302 g/mol. The molecule has 0 spiro atoms. The Morgan fingerprint density at radius 3 is 2.65 bits per heavy atom. The van der Waals surface area contributed by atoms with Crippen molar-refractivity contribution in [3.8, 4) is 0 Å². The summed E-state index contributed by atoms with van der Waals surface area (Å²) < 4.78 is 8.81. The molecule has 0 amide bonds. The molecule has 0 aliphatic heterocycles. The van der Waals surface area contributed by atoms with Crippen LogP contribution in [0, 0.1) is 6.92 Å². The van der Waals surface area contributed by atoms with Gasteiger partial charge in [-0.1, -0.05) is 26.2 Å². The van der Waals surface area contributed by atoms with Crippen LogP contribution >= 0.6 is 15.9 Å². The number of rotatable bonds is 8. The van der Waals surface area contributed by atoms with Crippen LogP contribution in [0.1, 0.15) is 50.9 Å². The predicted molar refractivity (Wildman–Crippen MR) is 74.1 cm³/mol. The van der Waals surface area contributed by atoms with E-state index >= 15 is 0 Å². The lowest BCUT2D eigenvalue weighted by molar-refractivity contribution is 0.111.